The fourth-order valence-electron chi connectivity index (χ4n) is 3.31. The van der Waals surface area contributed by atoms with E-state index in [0.29, 0.717) is 11.3 Å². The van der Waals surface area contributed by atoms with Crippen LogP contribution < -0.4 is 10.2 Å². The lowest BCUT2D eigenvalue weighted by molar-refractivity contribution is 0.301. The molecule has 0 radical (unpaired) electrons. The zero-order valence-electron chi connectivity index (χ0n) is 14.3. The van der Waals surface area contributed by atoms with Gasteiger partial charge in [0, 0.05) is 25.3 Å². The van der Waals surface area contributed by atoms with Crippen molar-refractivity contribution in [3.8, 4) is 0 Å². The van der Waals surface area contributed by atoms with Crippen molar-refractivity contribution in [3.63, 3.8) is 0 Å². The van der Waals surface area contributed by atoms with Gasteiger partial charge in [-0.15, -0.1) is 0 Å². The number of anilines is 1. The van der Waals surface area contributed by atoms with Crippen LogP contribution in [0.5, 0.6) is 0 Å². The largest absolute Gasteiger partial charge is 0.371 e. The van der Waals surface area contributed by atoms with Crippen LogP contribution in [0.25, 0.3) is 0 Å². The standard InChI is InChI=1S/C19H32N2/c1-5-19(6-2)11-12-21(15-19)18-9-7-17(8-10-18)14-20-13-16(3)4/h7-10,16,20H,5-6,11-15H2,1-4H3. The summed E-state index contributed by atoms with van der Waals surface area (Å²) in [5, 5.41) is 3.51. The third-order valence-electron chi connectivity index (χ3n) is 5.12. The predicted molar refractivity (Wildman–Crippen MR) is 92.8 cm³/mol. The van der Waals surface area contributed by atoms with Gasteiger partial charge in [0.25, 0.3) is 0 Å². The van der Waals surface area contributed by atoms with Gasteiger partial charge in [-0.25, -0.2) is 0 Å². The number of hydrogen-bond donors (Lipinski definition) is 1. The molecule has 1 aromatic carbocycles. The number of rotatable bonds is 7. The minimum atomic E-state index is 0.553. The highest BCUT2D eigenvalue weighted by Gasteiger charge is 2.34. The molecule has 1 aromatic rings. The minimum Gasteiger partial charge on any atom is -0.371 e. The molecule has 0 bridgehead atoms. The van der Waals surface area contributed by atoms with Crippen LogP contribution in [-0.4, -0.2) is 19.6 Å². The molecule has 0 aromatic heterocycles. The Bertz CT molecular complexity index is 418. The summed E-state index contributed by atoms with van der Waals surface area (Å²) >= 11 is 0. The molecule has 21 heavy (non-hydrogen) atoms. The van der Waals surface area contributed by atoms with Crippen LogP contribution in [0.3, 0.4) is 0 Å². The second-order valence-corrected chi connectivity index (χ2v) is 7.07. The van der Waals surface area contributed by atoms with E-state index in [4.69, 9.17) is 0 Å². The Kier molecular flexibility index (Phi) is 5.69. The second-order valence-electron chi connectivity index (χ2n) is 7.07. The number of nitrogens with one attached hydrogen (secondary N) is 1. The van der Waals surface area contributed by atoms with Crippen molar-refractivity contribution < 1.29 is 0 Å². The molecule has 0 unspecified atom stereocenters. The van der Waals surface area contributed by atoms with E-state index in [1.807, 2.05) is 0 Å². The molecule has 1 aliphatic heterocycles. The molecule has 0 aliphatic carbocycles. The van der Waals surface area contributed by atoms with Crippen LogP contribution in [0.4, 0.5) is 5.69 Å². The van der Waals surface area contributed by atoms with Gasteiger partial charge < -0.3 is 10.2 Å². The smallest absolute Gasteiger partial charge is 0.0366 e. The molecule has 2 nitrogen and oxygen atoms in total. The lowest BCUT2D eigenvalue weighted by Gasteiger charge is -2.27. The molecular formula is C19H32N2. The van der Waals surface area contributed by atoms with Gasteiger partial charge in [0.1, 0.15) is 0 Å². The Labute approximate surface area is 130 Å². The zero-order chi connectivity index (χ0) is 15.3. The van der Waals surface area contributed by atoms with Crippen molar-refractivity contribution in [2.75, 3.05) is 24.5 Å². The van der Waals surface area contributed by atoms with Crippen LogP contribution >= 0.6 is 0 Å². The van der Waals surface area contributed by atoms with Gasteiger partial charge in [0.05, 0.1) is 0 Å². The zero-order valence-corrected chi connectivity index (χ0v) is 14.3. The van der Waals surface area contributed by atoms with Crippen LogP contribution in [0, 0.1) is 11.3 Å². The Morgan fingerprint density at radius 2 is 1.81 bits per heavy atom. The van der Waals surface area contributed by atoms with Crippen LogP contribution in [0.1, 0.15) is 52.5 Å². The molecule has 2 rings (SSSR count). The van der Waals surface area contributed by atoms with Crippen molar-refractivity contribution in [1.82, 2.24) is 5.32 Å². The molecule has 2 heteroatoms. The van der Waals surface area contributed by atoms with Gasteiger partial charge in [-0.3, -0.25) is 0 Å². The van der Waals surface area contributed by atoms with E-state index < -0.39 is 0 Å². The normalized spacial score (nSPS) is 17.7. The highest BCUT2D eigenvalue weighted by molar-refractivity contribution is 5.49. The Hall–Kier alpha value is -1.02. The first-order valence-corrected chi connectivity index (χ1v) is 8.63. The fourth-order valence-corrected chi connectivity index (χ4v) is 3.31. The maximum atomic E-state index is 3.51. The third kappa shape index (κ3) is 4.23. The Morgan fingerprint density at radius 1 is 1.14 bits per heavy atom. The van der Waals surface area contributed by atoms with E-state index >= 15 is 0 Å². The maximum absolute atomic E-state index is 3.51. The van der Waals surface area contributed by atoms with Gasteiger partial charge in [0.2, 0.25) is 0 Å². The van der Waals surface area contributed by atoms with Crippen molar-refractivity contribution in [1.29, 1.82) is 0 Å². The van der Waals surface area contributed by atoms with Crippen LogP contribution in [0.15, 0.2) is 24.3 Å². The van der Waals surface area contributed by atoms with Crippen LogP contribution in [-0.2, 0) is 6.54 Å². The highest BCUT2D eigenvalue weighted by atomic mass is 15.2. The molecular weight excluding hydrogens is 256 g/mol. The fraction of sp³-hybridized carbons (Fsp3) is 0.684. The highest BCUT2D eigenvalue weighted by Crippen LogP contribution is 2.38. The van der Waals surface area contributed by atoms with E-state index in [0.717, 1.165) is 13.1 Å². The van der Waals surface area contributed by atoms with Crippen molar-refractivity contribution in [3.05, 3.63) is 29.8 Å². The van der Waals surface area contributed by atoms with E-state index in [1.165, 1.54) is 43.6 Å². The Morgan fingerprint density at radius 3 is 2.33 bits per heavy atom. The molecule has 0 amide bonds. The molecule has 0 saturated carbocycles. The summed E-state index contributed by atoms with van der Waals surface area (Å²) in [5.41, 5.74) is 3.33. The topological polar surface area (TPSA) is 15.3 Å². The Balaban J connectivity index is 1.91. The first-order valence-electron chi connectivity index (χ1n) is 8.63. The van der Waals surface area contributed by atoms with Gasteiger partial charge in [-0.2, -0.15) is 0 Å². The third-order valence-corrected chi connectivity index (χ3v) is 5.12. The lowest BCUT2D eigenvalue weighted by atomic mass is 9.82. The first-order chi connectivity index (χ1) is 10.1. The van der Waals surface area contributed by atoms with Gasteiger partial charge in [-0.1, -0.05) is 39.8 Å². The summed E-state index contributed by atoms with van der Waals surface area (Å²) in [7, 11) is 0. The van der Waals surface area contributed by atoms with Gasteiger partial charge in [0.15, 0.2) is 0 Å². The van der Waals surface area contributed by atoms with Crippen LogP contribution in [0.2, 0.25) is 0 Å². The SMILES string of the molecule is CCC1(CC)CCN(c2ccc(CNCC(C)C)cc2)C1. The average Bonchev–Trinajstić information content (AvgIpc) is 2.93. The number of nitrogens with zero attached hydrogens (tertiary/aromatic N) is 1. The summed E-state index contributed by atoms with van der Waals surface area (Å²) in [6.07, 6.45) is 3.95. The molecule has 1 N–H and O–H groups in total. The van der Waals surface area contributed by atoms with Crippen molar-refractivity contribution in [2.24, 2.45) is 11.3 Å². The van der Waals surface area contributed by atoms with Gasteiger partial charge >= 0.3 is 0 Å². The molecule has 118 valence electrons. The molecule has 1 saturated heterocycles. The minimum absolute atomic E-state index is 0.553. The molecule has 0 spiro atoms. The van der Waals surface area contributed by atoms with E-state index in [-0.39, 0.29) is 0 Å². The number of hydrogen-bond acceptors (Lipinski definition) is 2. The van der Waals surface area contributed by atoms with E-state index in [1.54, 1.807) is 0 Å². The molecule has 1 heterocycles. The second kappa shape index (κ2) is 7.31. The summed E-state index contributed by atoms with van der Waals surface area (Å²) in [4.78, 5) is 2.57. The van der Waals surface area contributed by atoms with E-state index in [2.05, 4.69) is 62.2 Å². The average molecular weight is 288 g/mol. The van der Waals surface area contributed by atoms with Crippen molar-refractivity contribution in [2.45, 2.75) is 53.5 Å². The molecule has 0 atom stereocenters. The van der Waals surface area contributed by atoms with Crippen molar-refractivity contribution >= 4 is 5.69 Å². The molecule has 1 fully saturated rings. The van der Waals surface area contributed by atoms with E-state index in [9.17, 15) is 0 Å². The maximum Gasteiger partial charge on any atom is 0.0366 e. The monoisotopic (exact) mass is 288 g/mol. The predicted octanol–water partition coefficient (Wildman–Crippen LogP) is 4.45. The summed E-state index contributed by atoms with van der Waals surface area (Å²) in [6.45, 7) is 13.7. The summed E-state index contributed by atoms with van der Waals surface area (Å²) in [6, 6.07) is 9.16. The number of benzene rings is 1. The van der Waals surface area contributed by atoms with Gasteiger partial charge in [-0.05, 0) is 54.8 Å². The molecule has 1 aliphatic rings. The summed E-state index contributed by atoms with van der Waals surface area (Å²) in [5.74, 6) is 0.713. The summed E-state index contributed by atoms with van der Waals surface area (Å²) < 4.78 is 0. The first kappa shape index (κ1) is 16.4. The lowest BCUT2D eigenvalue weighted by Crippen LogP contribution is -2.26. The quantitative estimate of drug-likeness (QED) is 0.797.